The second kappa shape index (κ2) is 5.29. The first-order valence-corrected chi connectivity index (χ1v) is 3.04. The molecule has 50 valence electrons. The standard InChI is InChI=1S/C8H12O/c1-3-4-5-6-7-8(2)9/h3-5H,1,6-7H2,2H3/b5-4-. The zero-order valence-electron chi connectivity index (χ0n) is 5.76. The van der Waals surface area contributed by atoms with Crippen LogP contribution < -0.4 is 0 Å². The fourth-order valence-electron chi connectivity index (χ4n) is 0.479. The molecule has 0 atom stereocenters. The lowest BCUT2D eigenvalue weighted by atomic mass is 10.2. The van der Waals surface area contributed by atoms with Crippen LogP contribution in [0.4, 0.5) is 0 Å². The van der Waals surface area contributed by atoms with Crippen molar-refractivity contribution in [3.63, 3.8) is 0 Å². The van der Waals surface area contributed by atoms with Crippen molar-refractivity contribution in [3.05, 3.63) is 24.8 Å². The van der Waals surface area contributed by atoms with E-state index in [0.29, 0.717) is 6.42 Å². The van der Waals surface area contributed by atoms with Crippen molar-refractivity contribution in [2.24, 2.45) is 0 Å². The second-order valence-corrected chi connectivity index (χ2v) is 1.90. The van der Waals surface area contributed by atoms with Crippen molar-refractivity contribution in [1.29, 1.82) is 0 Å². The first-order chi connectivity index (χ1) is 4.27. The van der Waals surface area contributed by atoms with Gasteiger partial charge in [0.2, 0.25) is 0 Å². The summed E-state index contributed by atoms with van der Waals surface area (Å²) in [7, 11) is 0. The minimum absolute atomic E-state index is 0.240. The van der Waals surface area contributed by atoms with Crippen LogP contribution in [0.15, 0.2) is 24.8 Å². The summed E-state index contributed by atoms with van der Waals surface area (Å²) in [6.07, 6.45) is 6.98. The molecule has 0 aliphatic rings. The Labute approximate surface area is 56.1 Å². The van der Waals surface area contributed by atoms with Crippen molar-refractivity contribution in [1.82, 2.24) is 0 Å². The van der Waals surface area contributed by atoms with E-state index < -0.39 is 0 Å². The average Bonchev–Trinajstić information content (AvgIpc) is 1.80. The van der Waals surface area contributed by atoms with Crippen LogP contribution in [0.1, 0.15) is 19.8 Å². The van der Waals surface area contributed by atoms with Crippen LogP contribution in [-0.2, 0) is 4.79 Å². The predicted molar refractivity (Wildman–Crippen MR) is 39.3 cm³/mol. The average molecular weight is 124 g/mol. The van der Waals surface area contributed by atoms with Crippen LogP contribution >= 0.6 is 0 Å². The highest BCUT2D eigenvalue weighted by Gasteiger charge is 1.86. The largest absolute Gasteiger partial charge is 0.300 e. The summed E-state index contributed by atoms with van der Waals surface area (Å²) in [6.45, 7) is 5.10. The van der Waals surface area contributed by atoms with Crippen LogP contribution in [0.5, 0.6) is 0 Å². The van der Waals surface area contributed by atoms with Crippen LogP contribution in [-0.4, -0.2) is 5.78 Å². The number of Topliss-reactive ketones (excluding diaryl/α,β-unsaturated/α-hetero) is 1. The molecular weight excluding hydrogens is 112 g/mol. The summed E-state index contributed by atoms with van der Waals surface area (Å²) in [5.41, 5.74) is 0. The smallest absolute Gasteiger partial charge is 0.130 e. The van der Waals surface area contributed by atoms with E-state index in [1.807, 2.05) is 12.2 Å². The molecular formula is C8H12O. The van der Waals surface area contributed by atoms with Gasteiger partial charge in [-0.1, -0.05) is 24.8 Å². The van der Waals surface area contributed by atoms with E-state index in [9.17, 15) is 4.79 Å². The maximum atomic E-state index is 10.3. The zero-order valence-corrected chi connectivity index (χ0v) is 5.76. The Morgan fingerprint density at radius 3 is 2.78 bits per heavy atom. The number of hydrogen-bond acceptors (Lipinski definition) is 1. The molecule has 0 aromatic rings. The SMILES string of the molecule is C=C/C=C\CCC(C)=O. The lowest BCUT2D eigenvalue weighted by Crippen LogP contribution is -1.85. The molecule has 0 aromatic heterocycles. The number of carbonyl (C=O) groups is 1. The normalized spacial score (nSPS) is 9.89. The minimum Gasteiger partial charge on any atom is -0.300 e. The van der Waals surface area contributed by atoms with Crippen LogP contribution in [0.3, 0.4) is 0 Å². The summed E-state index contributed by atoms with van der Waals surface area (Å²) in [5, 5.41) is 0. The molecule has 1 heteroatoms. The third-order valence-corrected chi connectivity index (χ3v) is 0.935. The molecule has 9 heavy (non-hydrogen) atoms. The highest BCUT2D eigenvalue weighted by Crippen LogP contribution is 1.91. The zero-order chi connectivity index (χ0) is 7.11. The van der Waals surface area contributed by atoms with Gasteiger partial charge in [-0.25, -0.2) is 0 Å². The number of allylic oxidation sites excluding steroid dienone is 3. The fourth-order valence-corrected chi connectivity index (χ4v) is 0.479. The molecule has 0 amide bonds. The molecule has 0 saturated heterocycles. The van der Waals surface area contributed by atoms with Gasteiger partial charge in [-0.2, -0.15) is 0 Å². The summed E-state index contributed by atoms with van der Waals surface area (Å²) >= 11 is 0. The van der Waals surface area contributed by atoms with Gasteiger partial charge in [-0.15, -0.1) is 0 Å². The molecule has 0 bridgehead atoms. The maximum Gasteiger partial charge on any atom is 0.130 e. The van der Waals surface area contributed by atoms with Crippen molar-refractivity contribution >= 4 is 5.78 Å². The van der Waals surface area contributed by atoms with Crippen LogP contribution in [0, 0.1) is 0 Å². The van der Waals surface area contributed by atoms with Gasteiger partial charge < -0.3 is 4.79 Å². The number of hydrogen-bond donors (Lipinski definition) is 0. The Balaban J connectivity index is 3.19. The molecule has 0 heterocycles. The van der Waals surface area contributed by atoms with Gasteiger partial charge in [0.15, 0.2) is 0 Å². The van der Waals surface area contributed by atoms with Crippen molar-refractivity contribution in [3.8, 4) is 0 Å². The molecule has 0 fully saturated rings. The van der Waals surface area contributed by atoms with E-state index in [1.165, 1.54) is 0 Å². The van der Waals surface area contributed by atoms with Gasteiger partial charge >= 0.3 is 0 Å². The molecule has 0 N–H and O–H groups in total. The van der Waals surface area contributed by atoms with Gasteiger partial charge in [0.25, 0.3) is 0 Å². The van der Waals surface area contributed by atoms with Gasteiger partial charge in [0, 0.05) is 6.42 Å². The quantitative estimate of drug-likeness (QED) is 0.524. The molecule has 0 rings (SSSR count). The molecule has 0 spiro atoms. The predicted octanol–water partition coefficient (Wildman–Crippen LogP) is 2.10. The molecule has 0 unspecified atom stereocenters. The Bertz CT molecular complexity index is 123. The number of rotatable bonds is 4. The molecule has 0 radical (unpaired) electrons. The van der Waals surface area contributed by atoms with E-state index in [1.54, 1.807) is 13.0 Å². The Kier molecular flexibility index (Phi) is 4.79. The Hall–Kier alpha value is -0.850. The Morgan fingerprint density at radius 1 is 1.67 bits per heavy atom. The summed E-state index contributed by atoms with van der Waals surface area (Å²) in [4.78, 5) is 10.3. The van der Waals surface area contributed by atoms with Gasteiger partial charge in [0.05, 0.1) is 0 Å². The minimum atomic E-state index is 0.240. The van der Waals surface area contributed by atoms with Crippen molar-refractivity contribution < 1.29 is 4.79 Å². The Morgan fingerprint density at radius 2 is 2.33 bits per heavy atom. The summed E-state index contributed by atoms with van der Waals surface area (Å²) in [6, 6.07) is 0. The van der Waals surface area contributed by atoms with Gasteiger partial charge in [0.1, 0.15) is 5.78 Å². The highest BCUT2D eigenvalue weighted by molar-refractivity contribution is 5.75. The molecule has 0 aliphatic heterocycles. The van der Waals surface area contributed by atoms with E-state index >= 15 is 0 Å². The summed E-state index contributed by atoms with van der Waals surface area (Å²) in [5.74, 6) is 0.240. The van der Waals surface area contributed by atoms with Crippen LogP contribution in [0.25, 0.3) is 0 Å². The molecule has 1 nitrogen and oxygen atoms in total. The number of carbonyl (C=O) groups excluding carboxylic acids is 1. The monoisotopic (exact) mass is 124 g/mol. The number of ketones is 1. The van der Waals surface area contributed by atoms with E-state index in [0.717, 1.165) is 6.42 Å². The summed E-state index contributed by atoms with van der Waals surface area (Å²) < 4.78 is 0. The molecule has 0 saturated carbocycles. The van der Waals surface area contributed by atoms with E-state index in [-0.39, 0.29) is 5.78 Å². The highest BCUT2D eigenvalue weighted by atomic mass is 16.1. The van der Waals surface area contributed by atoms with Crippen LogP contribution in [0.2, 0.25) is 0 Å². The first-order valence-electron chi connectivity index (χ1n) is 3.04. The second-order valence-electron chi connectivity index (χ2n) is 1.90. The lowest BCUT2D eigenvalue weighted by molar-refractivity contribution is -0.116. The van der Waals surface area contributed by atoms with Crippen molar-refractivity contribution in [2.75, 3.05) is 0 Å². The first kappa shape index (κ1) is 8.15. The van der Waals surface area contributed by atoms with Gasteiger partial charge in [-0.05, 0) is 13.3 Å². The maximum absolute atomic E-state index is 10.3. The third-order valence-electron chi connectivity index (χ3n) is 0.935. The van der Waals surface area contributed by atoms with Gasteiger partial charge in [-0.3, -0.25) is 0 Å². The van der Waals surface area contributed by atoms with E-state index in [2.05, 4.69) is 6.58 Å². The fraction of sp³-hybridized carbons (Fsp3) is 0.375. The molecule has 0 aromatic carbocycles. The third kappa shape index (κ3) is 7.15. The molecule has 0 aliphatic carbocycles. The lowest BCUT2D eigenvalue weighted by Gasteiger charge is -1.84. The van der Waals surface area contributed by atoms with Crippen molar-refractivity contribution in [2.45, 2.75) is 19.8 Å². The van der Waals surface area contributed by atoms with E-state index in [4.69, 9.17) is 0 Å². The topological polar surface area (TPSA) is 17.1 Å².